The van der Waals surface area contributed by atoms with E-state index in [0.717, 1.165) is 20.2 Å². The average molecular weight is 398 g/mol. The van der Waals surface area contributed by atoms with Crippen molar-refractivity contribution in [2.24, 2.45) is 0 Å². The molecule has 0 aliphatic rings. The molecule has 2 aromatic carbocycles. The number of hydrogen-bond acceptors (Lipinski definition) is 2. The van der Waals surface area contributed by atoms with Crippen molar-refractivity contribution in [2.75, 3.05) is 12.1 Å². The van der Waals surface area contributed by atoms with Crippen LogP contribution in [0.25, 0.3) is 0 Å². The third-order valence-electron chi connectivity index (χ3n) is 2.77. The molecular weight excluding hydrogens is 384 g/mol. The molecule has 3 nitrogen and oxygen atoms in total. The molecule has 0 spiro atoms. The van der Waals surface area contributed by atoms with Crippen LogP contribution in [0, 0.1) is 0 Å². The van der Waals surface area contributed by atoms with Crippen LogP contribution in [-0.4, -0.2) is 13.0 Å². The Bertz CT molecular complexity index is 602. The fraction of sp³-hybridized carbons (Fsp3) is 0.133. The van der Waals surface area contributed by atoms with E-state index >= 15 is 0 Å². The highest BCUT2D eigenvalue weighted by Gasteiger charge is 2.10. The highest BCUT2D eigenvalue weighted by atomic mass is 79.9. The number of anilines is 1. The van der Waals surface area contributed by atoms with Gasteiger partial charge >= 0.3 is 0 Å². The van der Waals surface area contributed by atoms with E-state index in [9.17, 15) is 4.79 Å². The van der Waals surface area contributed by atoms with Crippen molar-refractivity contribution in [1.82, 2.24) is 5.43 Å². The van der Waals surface area contributed by atoms with Gasteiger partial charge in [0.2, 0.25) is 5.91 Å². The molecule has 0 heterocycles. The maximum Gasteiger partial charge on any atom is 0.242 e. The van der Waals surface area contributed by atoms with Crippen LogP contribution in [0.2, 0.25) is 0 Å². The predicted molar refractivity (Wildman–Crippen MR) is 88.5 cm³/mol. The minimum Gasteiger partial charge on any atom is -0.287 e. The predicted octanol–water partition coefficient (Wildman–Crippen LogP) is 3.92. The molecule has 0 unspecified atom stereocenters. The SMILES string of the molecule is CN(NC(=O)Cc1ccccc1)c1ccc(Br)cc1Br. The van der Waals surface area contributed by atoms with Gasteiger partial charge in [-0.15, -0.1) is 0 Å². The Morgan fingerprint density at radius 2 is 1.85 bits per heavy atom. The number of carbonyl (C=O) groups excluding carboxylic acids is 1. The number of halogens is 2. The monoisotopic (exact) mass is 396 g/mol. The van der Waals surface area contributed by atoms with E-state index in [-0.39, 0.29) is 5.91 Å². The van der Waals surface area contributed by atoms with Crippen molar-refractivity contribution in [2.45, 2.75) is 6.42 Å². The summed E-state index contributed by atoms with van der Waals surface area (Å²) in [6.07, 6.45) is 0.360. The molecule has 0 atom stereocenters. The van der Waals surface area contributed by atoms with Crippen LogP contribution in [0.15, 0.2) is 57.5 Å². The molecule has 1 amide bonds. The van der Waals surface area contributed by atoms with Gasteiger partial charge in [0, 0.05) is 16.0 Å². The topological polar surface area (TPSA) is 32.3 Å². The van der Waals surface area contributed by atoms with E-state index in [1.165, 1.54) is 0 Å². The Kier molecular flexibility index (Phi) is 5.20. The molecule has 104 valence electrons. The summed E-state index contributed by atoms with van der Waals surface area (Å²) in [5.74, 6) is -0.0477. The summed E-state index contributed by atoms with van der Waals surface area (Å²) in [6, 6.07) is 15.5. The van der Waals surface area contributed by atoms with E-state index in [4.69, 9.17) is 0 Å². The van der Waals surface area contributed by atoms with Gasteiger partial charge in [-0.1, -0.05) is 46.3 Å². The van der Waals surface area contributed by atoms with Crippen LogP contribution in [-0.2, 0) is 11.2 Å². The number of nitrogens with one attached hydrogen (secondary N) is 1. The van der Waals surface area contributed by atoms with Crippen molar-refractivity contribution < 1.29 is 4.79 Å². The van der Waals surface area contributed by atoms with E-state index in [1.807, 2.05) is 55.6 Å². The molecule has 2 aromatic rings. The fourth-order valence-corrected chi connectivity index (χ4v) is 3.13. The second kappa shape index (κ2) is 6.90. The lowest BCUT2D eigenvalue weighted by Crippen LogP contribution is -2.40. The first kappa shape index (κ1) is 15.1. The fourth-order valence-electron chi connectivity index (χ4n) is 1.82. The number of nitrogens with zero attached hydrogens (tertiary/aromatic N) is 1. The number of amides is 1. The Morgan fingerprint density at radius 1 is 1.15 bits per heavy atom. The van der Waals surface area contributed by atoms with Crippen LogP contribution >= 0.6 is 31.9 Å². The second-order valence-electron chi connectivity index (χ2n) is 4.35. The maximum absolute atomic E-state index is 12.0. The third-order valence-corrected chi connectivity index (χ3v) is 3.90. The van der Waals surface area contributed by atoms with Gasteiger partial charge in [-0.3, -0.25) is 15.2 Å². The summed E-state index contributed by atoms with van der Waals surface area (Å²) in [5, 5.41) is 1.71. The van der Waals surface area contributed by atoms with E-state index in [2.05, 4.69) is 37.3 Å². The number of rotatable bonds is 4. The summed E-state index contributed by atoms with van der Waals surface area (Å²) in [4.78, 5) is 12.0. The summed E-state index contributed by atoms with van der Waals surface area (Å²) >= 11 is 6.89. The van der Waals surface area contributed by atoms with Crippen molar-refractivity contribution >= 4 is 43.5 Å². The minimum absolute atomic E-state index is 0.0477. The van der Waals surface area contributed by atoms with Gasteiger partial charge in [0.05, 0.1) is 12.1 Å². The highest BCUT2D eigenvalue weighted by molar-refractivity contribution is 9.11. The zero-order valence-electron chi connectivity index (χ0n) is 10.9. The molecule has 0 bridgehead atoms. The molecule has 0 radical (unpaired) electrons. The standard InChI is InChI=1S/C15H14Br2N2O/c1-19(14-8-7-12(16)10-13(14)17)18-15(20)9-11-5-3-2-4-6-11/h2-8,10H,9H2,1H3,(H,18,20). The first-order valence-corrected chi connectivity index (χ1v) is 7.67. The van der Waals surface area contributed by atoms with E-state index in [0.29, 0.717) is 6.42 Å². The van der Waals surface area contributed by atoms with Crippen molar-refractivity contribution in [3.8, 4) is 0 Å². The molecule has 20 heavy (non-hydrogen) atoms. The molecule has 0 aromatic heterocycles. The Morgan fingerprint density at radius 3 is 2.50 bits per heavy atom. The lowest BCUT2D eigenvalue weighted by atomic mass is 10.1. The lowest BCUT2D eigenvalue weighted by Gasteiger charge is -2.21. The molecular formula is C15H14Br2N2O. The quantitative estimate of drug-likeness (QED) is 0.793. The Balaban J connectivity index is 2.00. The highest BCUT2D eigenvalue weighted by Crippen LogP contribution is 2.27. The van der Waals surface area contributed by atoms with Crippen LogP contribution in [0.4, 0.5) is 5.69 Å². The molecule has 0 saturated heterocycles. The largest absolute Gasteiger partial charge is 0.287 e. The Labute approximate surface area is 135 Å². The normalized spacial score (nSPS) is 10.2. The number of benzene rings is 2. The van der Waals surface area contributed by atoms with Gasteiger partial charge in [0.1, 0.15) is 0 Å². The van der Waals surface area contributed by atoms with Gasteiger partial charge in [-0.05, 0) is 39.7 Å². The maximum atomic E-state index is 12.0. The van der Waals surface area contributed by atoms with Gasteiger partial charge in [-0.25, -0.2) is 0 Å². The zero-order chi connectivity index (χ0) is 14.5. The zero-order valence-corrected chi connectivity index (χ0v) is 14.1. The molecule has 0 fully saturated rings. The van der Waals surface area contributed by atoms with Gasteiger partial charge in [-0.2, -0.15) is 0 Å². The van der Waals surface area contributed by atoms with Gasteiger partial charge in [0.25, 0.3) is 0 Å². The number of carbonyl (C=O) groups is 1. The second-order valence-corrected chi connectivity index (χ2v) is 6.12. The lowest BCUT2D eigenvalue weighted by molar-refractivity contribution is -0.120. The van der Waals surface area contributed by atoms with E-state index < -0.39 is 0 Å². The molecule has 1 N–H and O–H groups in total. The first-order valence-electron chi connectivity index (χ1n) is 6.08. The van der Waals surface area contributed by atoms with Crippen LogP contribution in [0.5, 0.6) is 0 Å². The van der Waals surface area contributed by atoms with Crippen LogP contribution in [0.3, 0.4) is 0 Å². The molecule has 5 heteroatoms. The summed E-state index contributed by atoms with van der Waals surface area (Å²) < 4.78 is 1.89. The summed E-state index contributed by atoms with van der Waals surface area (Å²) in [7, 11) is 1.82. The van der Waals surface area contributed by atoms with Crippen molar-refractivity contribution in [3.05, 3.63) is 63.0 Å². The molecule has 2 rings (SSSR count). The first-order chi connectivity index (χ1) is 9.56. The van der Waals surface area contributed by atoms with Gasteiger partial charge < -0.3 is 0 Å². The van der Waals surface area contributed by atoms with Crippen molar-refractivity contribution in [3.63, 3.8) is 0 Å². The average Bonchev–Trinajstić information content (AvgIpc) is 2.39. The minimum atomic E-state index is -0.0477. The number of hydrogen-bond donors (Lipinski definition) is 1. The summed E-state index contributed by atoms with van der Waals surface area (Å²) in [5.41, 5.74) is 4.75. The number of hydrazine groups is 1. The molecule has 0 aliphatic carbocycles. The third kappa shape index (κ3) is 4.08. The van der Waals surface area contributed by atoms with Gasteiger partial charge in [0.15, 0.2) is 0 Å². The van der Waals surface area contributed by atoms with E-state index in [1.54, 1.807) is 5.01 Å². The van der Waals surface area contributed by atoms with Crippen molar-refractivity contribution in [1.29, 1.82) is 0 Å². The molecule has 0 aliphatic heterocycles. The Hall–Kier alpha value is -1.33. The molecule has 0 saturated carbocycles. The van der Waals surface area contributed by atoms with Crippen LogP contribution in [0.1, 0.15) is 5.56 Å². The van der Waals surface area contributed by atoms with Crippen LogP contribution < -0.4 is 10.4 Å². The summed E-state index contributed by atoms with van der Waals surface area (Å²) in [6.45, 7) is 0. The smallest absolute Gasteiger partial charge is 0.242 e.